The van der Waals surface area contributed by atoms with Crippen molar-refractivity contribution in [3.8, 4) is 0 Å². The highest BCUT2D eigenvalue weighted by molar-refractivity contribution is 5.17. The maximum atomic E-state index is 10.5. The van der Waals surface area contributed by atoms with E-state index in [1.165, 1.54) is 0 Å². The van der Waals surface area contributed by atoms with Gasteiger partial charge in [-0.1, -0.05) is 30.3 Å². The van der Waals surface area contributed by atoms with Crippen LogP contribution in [0, 0.1) is 0 Å². The Morgan fingerprint density at radius 2 is 2.13 bits per heavy atom. The Morgan fingerprint density at radius 1 is 1.26 bits per heavy atom. The molecule has 0 saturated carbocycles. The highest BCUT2D eigenvalue weighted by atomic mass is 16.5. The number of benzene rings is 1. The zero-order chi connectivity index (χ0) is 15.9. The van der Waals surface area contributed by atoms with Crippen molar-refractivity contribution < 1.29 is 9.84 Å². The van der Waals surface area contributed by atoms with Gasteiger partial charge in [0.25, 0.3) is 0 Å². The van der Waals surface area contributed by atoms with Crippen LogP contribution in [0.5, 0.6) is 0 Å². The molecule has 1 aromatic heterocycles. The van der Waals surface area contributed by atoms with Crippen molar-refractivity contribution in [3.63, 3.8) is 0 Å². The summed E-state index contributed by atoms with van der Waals surface area (Å²) in [5, 5.41) is 10.5. The number of aliphatic hydroxyl groups excluding tert-OH is 1. The lowest BCUT2D eigenvalue weighted by molar-refractivity contribution is -0.0268. The number of aliphatic hydroxyl groups is 1. The van der Waals surface area contributed by atoms with Gasteiger partial charge in [-0.3, -0.25) is 4.90 Å². The van der Waals surface area contributed by atoms with Crippen molar-refractivity contribution >= 4 is 0 Å². The minimum Gasteiger partial charge on any atom is -0.388 e. The number of rotatable bonds is 7. The topological polar surface area (TPSA) is 50.5 Å². The molecular weight excluding hydrogens is 290 g/mol. The summed E-state index contributed by atoms with van der Waals surface area (Å²) < 4.78 is 7.74. The zero-order valence-corrected chi connectivity index (χ0v) is 13.4. The smallest absolute Gasteiger partial charge is 0.0945 e. The molecule has 0 amide bonds. The number of hydrogen-bond acceptors (Lipinski definition) is 4. The minimum absolute atomic E-state index is 0.279. The van der Waals surface area contributed by atoms with Crippen LogP contribution in [-0.4, -0.2) is 51.9 Å². The molecule has 2 atom stereocenters. The van der Waals surface area contributed by atoms with Gasteiger partial charge in [0.15, 0.2) is 0 Å². The molecule has 1 N–H and O–H groups in total. The number of hydrogen-bond donors (Lipinski definition) is 1. The Bertz CT molecular complexity index is 559. The van der Waals surface area contributed by atoms with Crippen molar-refractivity contribution in [1.82, 2.24) is 14.5 Å². The second-order valence-electron chi connectivity index (χ2n) is 6.08. The number of nitrogens with zero attached hydrogens (tertiary/aromatic N) is 3. The average Bonchev–Trinajstić information content (AvgIpc) is 3.10. The van der Waals surface area contributed by atoms with Crippen molar-refractivity contribution in [3.05, 3.63) is 54.6 Å². The Balaban J connectivity index is 1.51. The molecule has 1 saturated heterocycles. The van der Waals surface area contributed by atoms with Gasteiger partial charge in [0, 0.05) is 38.1 Å². The largest absolute Gasteiger partial charge is 0.388 e. The summed E-state index contributed by atoms with van der Waals surface area (Å²) in [7, 11) is 0. The van der Waals surface area contributed by atoms with E-state index in [-0.39, 0.29) is 6.04 Å². The van der Waals surface area contributed by atoms with E-state index in [0.717, 1.165) is 44.6 Å². The summed E-state index contributed by atoms with van der Waals surface area (Å²) in [5.74, 6) is 0. The van der Waals surface area contributed by atoms with Crippen LogP contribution in [0.3, 0.4) is 0 Å². The number of ether oxygens (including phenoxy) is 1. The lowest BCUT2D eigenvalue weighted by Crippen LogP contribution is -2.46. The molecule has 0 aliphatic carbocycles. The van der Waals surface area contributed by atoms with Crippen molar-refractivity contribution in [2.45, 2.75) is 31.5 Å². The second kappa shape index (κ2) is 8.24. The van der Waals surface area contributed by atoms with Crippen LogP contribution in [0.4, 0.5) is 0 Å². The Kier molecular flexibility index (Phi) is 5.80. The van der Waals surface area contributed by atoms with E-state index >= 15 is 0 Å². The quantitative estimate of drug-likeness (QED) is 0.850. The third-order valence-electron chi connectivity index (χ3n) is 4.45. The predicted molar refractivity (Wildman–Crippen MR) is 89.0 cm³/mol. The van der Waals surface area contributed by atoms with Crippen molar-refractivity contribution in [2.24, 2.45) is 0 Å². The van der Waals surface area contributed by atoms with Gasteiger partial charge in [-0.2, -0.15) is 0 Å². The van der Waals surface area contributed by atoms with Crippen LogP contribution in [0.2, 0.25) is 0 Å². The van der Waals surface area contributed by atoms with E-state index in [0.29, 0.717) is 6.61 Å². The molecule has 1 aromatic carbocycles. The molecule has 0 spiro atoms. The predicted octanol–water partition coefficient (Wildman–Crippen LogP) is 2.10. The first-order valence-corrected chi connectivity index (χ1v) is 8.33. The molecule has 1 aliphatic heterocycles. The van der Waals surface area contributed by atoms with E-state index in [2.05, 4.69) is 14.5 Å². The lowest BCUT2D eigenvalue weighted by atomic mass is 10.0. The van der Waals surface area contributed by atoms with Gasteiger partial charge < -0.3 is 14.4 Å². The molecule has 1 aliphatic rings. The van der Waals surface area contributed by atoms with Crippen LogP contribution in [-0.2, 0) is 11.3 Å². The molecule has 124 valence electrons. The fourth-order valence-corrected chi connectivity index (χ4v) is 3.15. The van der Waals surface area contributed by atoms with E-state index in [9.17, 15) is 5.11 Å². The molecule has 2 unspecified atom stereocenters. The van der Waals surface area contributed by atoms with E-state index < -0.39 is 6.10 Å². The first kappa shape index (κ1) is 16.2. The molecule has 2 aromatic rings. The number of aryl methyl sites for hydroxylation is 1. The molecule has 0 radical (unpaired) electrons. The lowest BCUT2D eigenvalue weighted by Gasteiger charge is -2.36. The number of imidazole rings is 1. The van der Waals surface area contributed by atoms with E-state index in [1.54, 1.807) is 0 Å². The summed E-state index contributed by atoms with van der Waals surface area (Å²) in [5.41, 5.74) is 0.983. The number of aromatic nitrogens is 2. The van der Waals surface area contributed by atoms with E-state index in [1.807, 2.05) is 49.1 Å². The van der Waals surface area contributed by atoms with Crippen LogP contribution in [0.1, 0.15) is 24.5 Å². The molecule has 2 heterocycles. The summed E-state index contributed by atoms with van der Waals surface area (Å²) in [4.78, 5) is 6.52. The highest BCUT2D eigenvalue weighted by Crippen LogP contribution is 2.22. The first-order valence-electron chi connectivity index (χ1n) is 8.33. The van der Waals surface area contributed by atoms with Gasteiger partial charge in [-0.15, -0.1) is 0 Å². The normalized spacial score (nSPS) is 20.5. The maximum absolute atomic E-state index is 10.5. The van der Waals surface area contributed by atoms with Gasteiger partial charge in [0.05, 0.1) is 25.6 Å². The Morgan fingerprint density at radius 3 is 2.91 bits per heavy atom. The van der Waals surface area contributed by atoms with Gasteiger partial charge >= 0.3 is 0 Å². The third kappa shape index (κ3) is 4.64. The minimum atomic E-state index is -0.431. The van der Waals surface area contributed by atoms with Gasteiger partial charge in [0.2, 0.25) is 0 Å². The monoisotopic (exact) mass is 315 g/mol. The van der Waals surface area contributed by atoms with Gasteiger partial charge in [-0.05, 0) is 18.4 Å². The Hall–Kier alpha value is -1.69. The van der Waals surface area contributed by atoms with Gasteiger partial charge in [-0.25, -0.2) is 4.98 Å². The standard InChI is InChI=1S/C18H25N3O2/c22-18(16-5-2-1-3-6-16)13-17-14-23-12-11-21(17)9-4-8-20-10-7-19-15-20/h1-3,5-7,10,15,17-18,22H,4,8-9,11-14H2. The molecule has 3 rings (SSSR count). The summed E-state index contributed by atoms with van der Waals surface area (Å²) in [6, 6.07) is 10.2. The third-order valence-corrected chi connectivity index (χ3v) is 4.45. The van der Waals surface area contributed by atoms with E-state index in [4.69, 9.17) is 4.74 Å². The highest BCUT2D eigenvalue weighted by Gasteiger charge is 2.25. The molecule has 5 heteroatoms. The summed E-state index contributed by atoms with van der Waals surface area (Å²) >= 11 is 0. The van der Waals surface area contributed by atoms with Crippen LogP contribution in [0.15, 0.2) is 49.1 Å². The van der Waals surface area contributed by atoms with Crippen LogP contribution < -0.4 is 0 Å². The zero-order valence-electron chi connectivity index (χ0n) is 13.4. The Labute approximate surface area is 137 Å². The maximum Gasteiger partial charge on any atom is 0.0945 e. The summed E-state index contributed by atoms with van der Waals surface area (Å²) in [6.07, 6.45) is 7.03. The SMILES string of the molecule is OC(CC1COCCN1CCCn1ccnc1)c1ccccc1. The van der Waals surface area contributed by atoms with Crippen LogP contribution >= 0.6 is 0 Å². The molecule has 0 bridgehead atoms. The van der Waals surface area contributed by atoms with Crippen LogP contribution in [0.25, 0.3) is 0 Å². The molecular formula is C18H25N3O2. The average molecular weight is 315 g/mol. The molecule has 23 heavy (non-hydrogen) atoms. The number of morpholine rings is 1. The second-order valence-corrected chi connectivity index (χ2v) is 6.08. The fraction of sp³-hybridized carbons (Fsp3) is 0.500. The fourth-order valence-electron chi connectivity index (χ4n) is 3.15. The first-order chi connectivity index (χ1) is 11.3. The van der Waals surface area contributed by atoms with Crippen molar-refractivity contribution in [1.29, 1.82) is 0 Å². The summed E-state index contributed by atoms with van der Waals surface area (Å²) in [6.45, 7) is 4.42. The van der Waals surface area contributed by atoms with Gasteiger partial charge in [0.1, 0.15) is 0 Å². The molecule has 1 fully saturated rings. The molecule has 5 nitrogen and oxygen atoms in total. The van der Waals surface area contributed by atoms with Crippen molar-refractivity contribution in [2.75, 3.05) is 26.3 Å².